The molecule has 0 heterocycles. The average molecular weight is 538 g/mol. The van der Waals surface area contributed by atoms with Crippen molar-refractivity contribution in [3.8, 4) is 5.75 Å². The van der Waals surface area contributed by atoms with Crippen LogP contribution >= 0.6 is 11.6 Å². The SMILES string of the molecule is COc1ccc2cc(C(=O)COC(=O)c3cc(S(=O)(=O)N(C)Cc4ccccc4)ccc3Cl)ccc2c1. The third-order valence-corrected chi connectivity index (χ3v) is 7.95. The summed E-state index contributed by atoms with van der Waals surface area (Å²) in [7, 11) is -0.890. The number of esters is 1. The van der Waals surface area contributed by atoms with E-state index in [9.17, 15) is 18.0 Å². The van der Waals surface area contributed by atoms with Crippen molar-refractivity contribution < 1.29 is 27.5 Å². The summed E-state index contributed by atoms with van der Waals surface area (Å²) in [6.45, 7) is -0.375. The van der Waals surface area contributed by atoms with Gasteiger partial charge in [0.05, 0.1) is 22.6 Å². The van der Waals surface area contributed by atoms with Crippen molar-refractivity contribution in [1.29, 1.82) is 0 Å². The summed E-state index contributed by atoms with van der Waals surface area (Å²) in [6, 6.07) is 23.5. The Balaban J connectivity index is 1.47. The van der Waals surface area contributed by atoms with Crippen LogP contribution in [0.25, 0.3) is 10.8 Å². The Morgan fingerprint density at radius 2 is 1.59 bits per heavy atom. The maximum atomic E-state index is 13.1. The van der Waals surface area contributed by atoms with Crippen LogP contribution in [0.5, 0.6) is 5.75 Å². The van der Waals surface area contributed by atoms with Crippen LogP contribution in [-0.4, -0.2) is 45.2 Å². The van der Waals surface area contributed by atoms with E-state index in [-0.39, 0.29) is 22.0 Å². The lowest BCUT2D eigenvalue weighted by molar-refractivity contribution is 0.0474. The highest BCUT2D eigenvalue weighted by atomic mass is 35.5. The molecule has 4 rings (SSSR count). The van der Waals surface area contributed by atoms with Gasteiger partial charge in [-0.15, -0.1) is 0 Å². The smallest absolute Gasteiger partial charge is 0.340 e. The summed E-state index contributed by atoms with van der Waals surface area (Å²) in [4.78, 5) is 25.3. The van der Waals surface area contributed by atoms with Gasteiger partial charge in [0.2, 0.25) is 10.0 Å². The normalized spacial score (nSPS) is 11.5. The number of rotatable bonds is 9. The van der Waals surface area contributed by atoms with E-state index < -0.39 is 28.4 Å². The number of sulfonamides is 1. The van der Waals surface area contributed by atoms with E-state index >= 15 is 0 Å². The van der Waals surface area contributed by atoms with E-state index in [1.165, 1.54) is 23.5 Å². The molecule has 0 saturated carbocycles. The molecule has 0 unspecified atom stereocenters. The first-order chi connectivity index (χ1) is 17.7. The molecule has 0 radical (unpaired) electrons. The van der Waals surface area contributed by atoms with Gasteiger partial charge in [0.25, 0.3) is 0 Å². The van der Waals surface area contributed by atoms with E-state index in [1.54, 1.807) is 31.4 Å². The third kappa shape index (κ3) is 5.99. The van der Waals surface area contributed by atoms with Crippen LogP contribution in [0.4, 0.5) is 0 Å². The van der Waals surface area contributed by atoms with Crippen LogP contribution < -0.4 is 4.74 Å². The summed E-state index contributed by atoms with van der Waals surface area (Å²) in [5.41, 5.74) is 1.04. The number of nitrogens with zero attached hydrogens (tertiary/aromatic N) is 1. The number of ether oxygens (including phenoxy) is 2. The number of hydrogen-bond donors (Lipinski definition) is 0. The molecule has 0 amide bonds. The standard InChI is InChI=1S/C28H24ClNO6S/c1-30(17-19-6-4-3-5-7-19)37(33,34)24-12-13-26(29)25(16-24)28(32)36-18-27(31)22-9-8-21-15-23(35-2)11-10-20(21)14-22/h3-16H,17-18H2,1-2H3. The van der Waals surface area contributed by atoms with Crippen LogP contribution in [0.15, 0.2) is 89.8 Å². The lowest BCUT2D eigenvalue weighted by Gasteiger charge is -2.18. The Kier molecular flexibility index (Phi) is 7.92. The summed E-state index contributed by atoms with van der Waals surface area (Å²) in [5, 5.41) is 1.75. The topological polar surface area (TPSA) is 90.0 Å². The molecule has 0 aliphatic rings. The van der Waals surface area contributed by atoms with Crippen LogP contribution in [0, 0.1) is 0 Å². The Morgan fingerprint density at radius 1 is 0.892 bits per heavy atom. The Hall–Kier alpha value is -3.72. The largest absolute Gasteiger partial charge is 0.497 e. The minimum atomic E-state index is -3.92. The molecular formula is C28H24ClNO6S. The fourth-order valence-corrected chi connectivity index (χ4v) is 5.12. The number of benzene rings is 4. The van der Waals surface area contributed by atoms with Gasteiger partial charge in [-0.2, -0.15) is 4.31 Å². The van der Waals surface area contributed by atoms with E-state index in [0.717, 1.165) is 22.4 Å². The lowest BCUT2D eigenvalue weighted by atomic mass is 10.0. The summed E-state index contributed by atoms with van der Waals surface area (Å²) >= 11 is 6.17. The van der Waals surface area contributed by atoms with Gasteiger partial charge in [-0.1, -0.05) is 60.1 Å². The molecule has 4 aromatic carbocycles. The van der Waals surface area contributed by atoms with Crippen molar-refractivity contribution in [2.75, 3.05) is 20.8 Å². The summed E-state index contributed by atoms with van der Waals surface area (Å²) in [5.74, 6) is -0.604. The Bertz CT molecular complexity index is 1570. The van der Waals surface area contributed by atoms with E-state index in [4.69, 9.17) is 21.1 Å². The minimum Gasteiger partial charge on any atom is -0.497 e. The number of carbonyl (C=O) groups is 2. The fraction of sp³-hybridized carbons (Fsp3) is 0.143. The predicted molar refractivity (Wildman–Crippen MR) is 142 cm³/mol. The zero-order valence-corrected chi connectivity index (χ0v) is 21.8. The average Bonchev–Trinajstić information content (AvgIpc) is 2.91. The number of carbonyl (C=O) groups excluding carboxylic acids is 2. The first-order valence-electron chi connectivity index (χ1n) is 11.3. The van der Waals surface area contributed by atoms with Gasteiger partial charge in [-0.25, -0.2) is 13.2 Å². The minimum absolute atomic E-state index is 0.0155. The monoisotopic (exact) mass is 537 g/mol. The number of hydrogen-bond acceptors (Lipinski definition) is 6. The third-order valence-electron chi connectivity index (χ3n) is 5.82. The predicted octanol–water partition coefficient (Wildman–Crippen LogP) is 5.36. The molecule has 37 heavy (non-hydrogen) atoms. The van der Waals surface area contributed by atoms with Crippen molar-refractivity contribution in [2.45, 2.75) is 11.4 Å². The molecular weight excluding hydrogens is 514 g/mol. The molecule has 0 aromatic heterocycles. The van der Waals surface area contributed by atoms with E-state index in [1.807, 2.05) is 42.5 Å². The Labute approximate surface area is 220 Å². The summed E-state index contributed by atoms with van der Waals surface area (Å²) in [6.07, 6.45) is 0. The van der Waals surface area contributed by atoms with Gasteiger partial charge in [-0.05, 0) is 52.7 Å². The van der Waals surface area contributed by atoms with E-state index in [0.29, 0.717) is 11.3 Å². The first-order valence-corrected chi connectivity index (χ1v) is 13.1. The van der Waals surface area contributed by atoms with Crippen molar-refractivity contribution in [3.63, 3.8) is 0 Å². The second-order valence-corrected chi connectivity index (χ2v) is 10.8. The molecule has 190 valence electrons. The number of halogens is 1. The molecule has 0 atom stereocenters. The molecule has 0 aliphatic heterocycles. The van der Waals surface area contributed by atoms with Gasteiger partial charge in [0, 0.05) is 19.2 Å². The maximum absolute atomic E-state index is 13.1. The quantitative estimate of drug-likeness (QED) is 0.211. The molecule has 0 bridgehead atoms. The highest BCUT2D eigenvalue weighted by molar-refractivity contribution is 7.89. The van der Waals surface area contributed by atoms with Crippen molar-refractivity contribution >= 4 is 44.1 Å². The maximum Gasteiger partial charge on any atom is 0.340 e. The number of fused-ring (bicyclic) bond motifs is 1. The summed E-state index contributed by atoms with van der Waals surface area (Å²) < 4.78 is 37.8. The second kappa shape index (κ2) is 11.1. The van der Waals surface area contributed by atoms with E-state index in [2.05, 4.69) is 0 Å². The van der Waals surface area contributed by atoms with Gasteiger partial charge in [0.15, 0.2) is 12.4 Å². The Morgan fingerprint density at radius 3 is 2.32 bits per heavy atom. The van der Waals surface area contributed by atoms with Crippen molar-refractivity contribution in [1.82, 2.24) is 4.31 Å². The molecule has 0 spiro atoms. The van der Waals surface area contributed by atoms with Gasteiger partial charge >= 0.3 is 5.97 Å². The van der Waals surface area contributed by atoms with Gasteiger partial charge in [0.1, 0.15) is 5.75 Å². The molecule has 7 nitrogen and oxygen atoms in total. The van der Waals surface area contributed by atoms with Crippen LogP contribution in [0.2, 0.25) is 5.02 Å². The number of ketones is 1. The zero-order chi connectivity index (χ0) is 26.6. The van der Waals surface area contributed by atoms with Crippen molar-refractivity contribution in [3.05, 3.63) is 107 Å². The second-order valence-electron chi connectivity index (χ2n) is 8.32. The molecule has 0 aliphatic carbocycles. The lowest BCUT2D eigenvalue weighted by Crippen LogP contribution is -2.26. The molecule has 4 aromatic rings. The van der Waals surface area contributed by atoms with Crippen LogP contribution in [0.1, 0.15) is 26.3 Å². The van der Waals surface area contributed by atoms with Gasteiger partial charge in [-0.3, -0.25) is 4.79 Å². The first kappa shape index (κ1) is 26.3. The molecule has 0 N–H and O–H groups in total. The molecule has 0 fully saturated rings. The van der Waals surface area contributed by atoms with Crippen LogP contribution in [-0.2, 0) is 21.3 Å². The number of methoxy groups -OCH3 is 1. The molecule has 0 saturated heterocycles. The fourth-order valence-electron chi connectivity index (χ4n) is 3.74. The molecule has 9 heteroatoms. The number of Topliss-reactive ketones (excluding diaryl/α,β-unsaturated/α-hetero) is 1. The highest BCUT2D eigenvalue weighted by Gasteiger charge is 2.24. The van der Waals surface area contributed by atoms with Crippen molar-refractivity contribution in [2.24, 2.45) is 0 Å². The van der Waals surface area contributed by atoms with Crippen LogP contribution in [0.3, 0.4) is 0 Å². The zero-order valence-electron chi connectivity index (χ0n) is 20.2. The highest BCUT2D eigenvalue weighted by Crippen LogP contribution is 2.25. The van der Waals surface area contributed by atoms with Gasteiger partial charge < -0.3 is 9.47 Å².